The van der Waals surface area contributed by atoms with E-state index in [1.807, 2.05) is 0 Å². The van der Waals surface area contributed by atoms with Crippen LogP contribution >= 0.6 is 0 Å². The summed E-state index contributed by atoms with van der Waals surface area (Å²) in [6.45, 7) is 1.04. The first-order chi connectivity index (χ1) is 8.68. The lowest BCUT2D eigenvalue weighted by molar-refractivity contribution is -0.137. The minimum atomic E-state index is -0.880. The summed E-state index contributed by atoms with van der Waals surface area (Å²) in [6.07, 6.45) is 1.49. The van der Waals surface area contributed by atoms with Crippen LogP contribution in [0.2, 0.25) is 0 Å². The number of fused-ring (bicyclic) bond motifs is 1. The molecule has 0 spiro atoms. The molecule has 0 fully saturated rings. The summed E-state index contributed by atoms with van der Waals surface area (Å²) in [7, 11) is 0. The Bertz CT molecular complexity index is 445. The van der Waals surface area contributed by atoms with Crippen molar-refractivity contribution in [1.82, 2.24) is 0 Å². The lowest BCUT2D eigenvalue weighted by atomic mass is 10.1. The fourth-order valence-electron chi connectivity index (χ4n) is 1.92. The third-order valence-corrected chi connectivity index (χ3v) is 2.78. The van der Waals surface area contributed by atoms with Crippen LogP contribution in [0.4, 0.5) is 4.39 Å². The molecule has 18 heavy (non-hydrogen) atoms. The van der Waals surface area contributed by atoms with Crippen molar-refractivity contribution in [2.45, 2.75) is 25.7 Å². The lowest BCUT2D eigenvalue weighted by Gasteiger charge is -2.13. The van der Waals surface area contributed by atoms with Gasteiger partial charge in [0.15, 0.2) is 11.5 Å². The maximum absolute atomic E-state index is 13.8. The quantitative estimate of drug-likeness (QED) is 0.896. The van der Waals surface area contributed by atoms with Crippen LogP contribution < -0.4 is 9.47 Å². The van der Waals surface area contributed by atoms with Crippen molar-refractivity contribution in [2.75, 3.05) is 13.2 Å². The van der Waals surface area contributed by atoms with E-state index in [2.05, 4.69) is 0 Å². The second-order valence-corrected chi connectivity index (χ2v) is 4.15. The molecule has 2 rings (SSSR count). The zero-order valence-electron chi connectivity index (χ0n) is 9.95. The fraction of sp³-hybridized carbons (Fsp3) is 0.462. The number of aliphatic carboxylic acids is 1. The van der Waals surface area contributed by atoms with Gasteiger partial charge in [-0.2, -0.15) is 0 Å². The molecule has 0 bridgehead atoms. The molecule has 98 valence electrons. The standard InChI is InChI=1S/C13H15FO4/c14-10-5-6-11-13(18-8-2-7-17-11)9(10)3-1-4-12(15)16/h5-6H,1-4,7-8H2,(H,15,16). The van der Waals surface area contributed by atoms with Crippen LogP contribution in [0.5, 0.6) is 11.5 Å². The SMILES string of the molecule is O=C(O)CCCc1c(F)ccc2c1OCCCO2. The van der Waals surface area contributed by atoms with Gasteiger partial charge in [0.2, 0.25) is 0 Å². The molecule has 0 amide bonds. The topological polar surface area (TPSA) is 55.8 Å². The van der Waals surface area contributed by atoms with Gasteiger partial charge in [-0.3, -0.25) is 4.79 Å². The van der Waals surface area contributed by atoms with Crippen LogP contribution in [-0.4, -0.2) is 24.3 Å². The summed E-state index contributed by atoms with van der Waals surface area (Å²) in [6, 6.07) is 2.89. The smallest absolute Gasteiger partial charge is 0.303 e. The average Bonchev–Trinajstić information content (AvgIpc) is 2.57. The fourth-order valence-corrected chi connectivity index (χ4v) is 1.92. The van der Waals surface area contributed by atoms with Crippen LogP contribution in [0.15, 0.2) is 12.1 Å². The number of hydrogen-bond donors (Lipinski definition) is 1. The van der Waals surface area contributed by atoms with E-state index in [1.54, 1.807) is 6.07 Å². The molecule has 1 aliphatic heterocycles. The van der Waals surface area contributed by atoms with Crippen molar-refractivity contribution in [3.05, 3.63) is 23.5 Å². The highest BCUT2D eigenvalue weighted by molar-refractivity contribution is 5.66. The molecule has 0 atom stereocenters. The molecule has 1 aromatic rings. The molecular formula is C13H15FO4. The van der Waals surface area contributed by atoms with Crippen molar-refractivity contribution in [1.29, 1.82) is 0 Å². The molecule has 0 unspecified atom stereocenters. The molecule has 1 aromatic carbocycles. The molecule has 1 N–H and O–H groups in total. The van der Waals surface area contributed by atoms with Crippen molar-refractivity contribution < 1.29 is 23.8 Å². The average molecular weight is 254 g/mol. The highest BCUT2D eigenvalue weighted by Crippen LogP contribution is 2.35. The molecule has 0 aliphatic carbocycles. The number of halogens is 1. The van der Waals surface area contributed by atoms with Crippen molar-refractivity contribution in [3.8, 4) is 11.5 Å². The Balaban J connectivity index is 2.19. The van der Waals surface area contributed by atoms with E-state index in [9.17, 15) is 9.18 Å². The first kappa shape index (κ1) is 12.7. The van der Waals surface area contributed by atoms with E-state index in [1.165, 1.54) is 6.07 Å². The molecule has 5 heteroatoms. The van der Waals surface area contributed by atoms with Gasteiger partial charge in [0.25, 0.3) is 0 Å². The van der Waals surface area contributed by atoms with Crippen molar-refractivity contribution in [3.63, 3.8) is 0 Å². The Hall–Kier alpha value is -1.78. The number of carboxylic acids is 1. The van der Waals surface area contributed by atoms with E-state index < -0.39 is 5.97 Å². The molecule has 1 heterocycles. The lowest BCUT2D eigenvalue weighted by Crippen LogP contribution is -2.02. The van der Waals surface area contributed by atoms with Gasteiger partial charge in [-0.05, 0) is 25.0 Å². The van der Waals surface area contributed by atoms with E-state index >= 15 is 0 Å². The summed E-state index contributed by atoms with van der Waals surface area (Å²) >= 11 is 0. The molecule has 0 saturated heterocycles. The summed E-state index contributed by atoms with van der Waals surface area (Å²) in [4.78, 5) is 10.5. The highest BCUT2D eigenvalue weighted by atomic mass is 19.1. The van der Waals surface area contributed by atoms with Gasteiger partial charge < -0.3 is 14.6 Å². The van der Waals surface area contributed by atoms with E-state index in [-0.39, 0.29) is 12.2 Å². The predicted molar refractivity (Wildman–Crippen MR) is 62.6 cm³/mol. The summed E-state index contributed by atoms with van der Waals surface area (Å²) in [5, 5.41) is 8.59. The molecule has 0 radical (unpaired) electrons. The zero-order chi connectivity index (χ0) is 13.0. The highest BCUT2D eigenvalue weighted by Gasteiger charge is 2.18. The number of ether oxygens (including phenoxy) is 2. The summed E-state index contributed by atoms with van der Waals surface area (Å²) in [5.41, 5.74) is 0.413. The Labute approximate surface area is 104 Å². The van der Waals surface area contributed by atoms with Gasteiger partial charge in [-0.25, -0.2) is 4.39 Å². The van der Waals surface area contributed by atoms with Gasteiger partial charge in [-0.15, -0.1) is 0 Å². The molecule has 0 saturated carbocycles. The van der Waals surface area contributed by atoms with E-state index in [0.717, 1.165) is 6.42 Å². The minimum Gasteiger partial charge on any atom is -0.490 e. The number of benzene rings is 1. The van der Waals surface area contributed by atoms with Crippen LogP contribution in [0.3, 0.4) is 0 Å². The van der Waals surface area contributed by atoms with Crippen LogP contribution in [0.25, 0.3) is 0 Å². The minimum absolute atomic E-state index is 0.0178. The van der Waals surface area contributed by atoms with Crippen molar-refractivity contribution in [2.24, 2.45) is 0 Å². The normalized spacial score (nSPS) is 14.1. The van der Waals surface area contributed by atoms with Crippen LogP contribution in [0.1, 0.15) is 24.8 Å². The number of hydrogen-bond acceptors (Lipinski definition) is 3. The Morgan fingerprint density at radius 3 is 2.89 bits per heavy atom. The maximum Gasteiger partial charge on any atom is 0.303 e. The maximum atomic E-state index is 13.8. The van der Waals surface area contributed by atoms with Gasteiger partial charge in [0, 0.05) is 18.4 Å². The monoisotopic (exact) mass is 254 g/mol. The van der Waals surface area contributed by atoms with E-state index in [4.69, 9.17) is 14.6 Å². The Morgan fingerprint density at radius 1 is 1.33 bits per heavy atom. The molecule has 0 aromatic heterocycles. The first-order valence-corrected chi connectivity index (χ1v) is 5.97. The Morgan fingerprint density at radius 2 is 2.11 bits per heavy atom. The zero-order valence-corrected chi connectivity index (χ0v) is 9.95. The number of rotatable bonds is 4. The summed E-state index contributed by atoms with van der Waals surface area (Å²) < 4.78 is 24.7. The van der Waals surface area contributed by atoms with Crippen LogP contribution in [0, 0.1) is 5.82 Å². The van der Waals surface area contributed by atoms with Crippen LogP contribution in [-0.2, 0) is 11.2 Å². The number of carbonyl (C=O) groups is 1. The third kappa shape index (κ3) is 2.91. The second kappa shape index (κ2) is 5.71. The molecular weight excluding hydrogens is 239 g/mol. The second-order valence-electron chi connectivity index (χ2n) is 4.15. The Kier molecular flexibility index (Phi) is 4.02. The van der Waals surface area contributed by atoms with Crippen molar-refractivity contribution >= 4 is 5.97 Å². The molecule has 4 nitrogen and oxygen atoms in total. The number of carboxylic acid groups (broad SMARTS) is 1. The van der Waals surface area contributed by atoms with Gasteiger partial charge in [0.05, 0.1) is 13.2 Å². The predicted octanol–water partition coefficient (Wildman–Crippen LogP) is 2.39. The third-order valence-electron chi connectivity index (χ3n) is 2.78. The summed E-state index contributed by atoms with van der Waals surface area (Å²) in [5.74, 6) is -0.281. The van der Waals surface area contributed by atoms with Gasteiger partial charge in [0.1, 0.15) is 5.82 Å². The first-order valence-electron chi connectivity index (χ1n) is 5.97. The van der Waals surface area contributed by atoms with Gasteiger partial charge in [-0.1, -0.05) is 0 Å². The van der Waals surface area contributed by atoms with Gasteiger partial charge >= 0.3 is 5.97 Å². The van der Waals surface area contributed by atoms with E-state index in [0.29, 0.717) is 43.1 Å². The molecule has 1 aliphatic rings. The largest absolute Gasteiger partial charge is 0.490 e.